The summed E-state index contributed by atoms with van der Waals surface area (Å²) < 4.78 is 5.58. The minimum absolute atomic E-state index is 0.0876. The lowest BCUT2D eigenvalue weighted by molar-refractivity contribution is 0.437. The van der Waals surface area contributed by atoms with Crippen molar-refractivity contribution in [2.75, 3.05) is 19.6 Å². The standard InChI is InChI=1S/C11H17N3O/c12-7-11(2-3-11)10-14-9(6-15-10)8-1-4-13-5-8/h6,8,13H,1-5,7,12H2. The van der Waals surface area contributed by atoms with Gasteiger partial charge >= 0.3 is 0 Å². The van der Waals surface area contributed by atoms with Gasteiger partial charge in [-0.3, -0.25) is 0 Å². The van der Waals surface area contributed by atoms with Crippen LogP contribution in [0.2, 0.25) is 0 Å². The zero-order chi connectivity index (χ0) is 10.3. The molecule has 1 aliphatic carbocycles. The predicted octanol–water partition coefficient (Wildman–Crippen LogP) is 0.742. The second-order valence-electron chi connectivity index (χ2n) is 4.75. The van der Waals surface area contributed by atoms with Crippen molar-refractivity contribution in [2.24, 2.45) is 5.73 Å². The molecule has 3 N–H and O–H groups in total. The molecule has 1 unspecified atom stereocenters. The van der Waals surface area contributed by atoms with E-state index in [4.69, 9.17) is 10.2 Å². The first-order chi connectivity index (χ1) is 7.34. The molecule has 1 aromatic rings. The summed E-state index contributed by atoms with van der Waals surface area (Å²) in [7, 11) is 0. The minimum atomic E-state index is 0.0876. The van der Waals surface area contributed by atoms with Gasteiger partial charge in [-0.25, -0.2) is 4.98 Å². The van der Waals surface area contributed by atoms with Crippen LogP contribution in [0.5, 0.6) is 0 Å². The molecule has 0 amide bonds. The van der Waals surface area contributed by atoms with Crippen molar-refractivity contribution in [1.29, 1.82) is 0 Å². The third-order valence-corrected chi connectivity index (χ3v) is 3.70. The average molecular weight is 207 g/mol. The maximum Gasteiger partial charge on any atom is 0.201 e. The molecule has 0 aromatic carbocycles. The zero-order valence-corrected chi connectivity index (χ0v) is 8.83. The smallest absolute Gasteiger partial charge is 0.201 e. The highest BCUT2D eigenvalue weighted by atomic mass is 16.3. The van der Waals surface area contributed by atoms with E-state index in [1.54, 1.807) is 0 Å². The van der Waals surface area contributed by atoms with Gasteiger partial charge in [0, 0.05) is 19.0 Å². The van der Waals surface area contributed by atoms with Crippen LogP contribution in [0.4, 0.5) is 0 Å². The fourth-order valence-electron chi connectivity index (χ4n) is 2.28. The predicted molar refractivity (Wildman–Crippen MR) is 56.7 cm³/mol. The fourth-order valence-corrected chi connectivity index (χ4v) is 2.28. The molecule has 4 nitrogen and oxygen atoms in total. The zero-order valence-electron chi connectivity index (χ0n) is 8.83. The Morgan fingerprint density at radius 3 is 3.07 bits per heavy atom. The van der Waals surface area contributed by atoms with Gasteiger partial charge in [0.25, 0.3) is 0 Å². The number of nitrogens with zero attached hydrogens (tertiary/aromatic N) is 1. The molecule has 15 heavy (non-hydrogen) atoms. The summed E-state index contributed by atoms with van der Waals surface area (Å²) in [5, 5.41) is 3.34. The van der Waals surface area contributed by atoms with Gasteiger partial charge in [-0.05, 0) is 25.8 Å². The van der Waals surface area contributed by atoms with E-state index in [-0.39, 0.29) is 5.41 Å². The van der Waals surface area contributed by atoms with Gasteiger partial charge in [-0.15, -0.1) is 0 Å². The Kier molecular flexibility index (Phi) is 2.07. The second-order valence-corrected chi connectivity index (χ2v) is 4.75. The van der Waals surface area contributed by atoms with E-state index in [0.717, 1.165) is 37.5 Å². The first-order valence-corrected chi connectivity index (χ1v) is 5.71. The molecule has 1 saturated heterocycles. The Morgan fingerprint density at radius 2 is 2.47 bits per heavy atom. The topological polar surface area (TPSA) is 64.1 Å². The molecule has 4 heteroatoms. The molecule has 1 atom stereocenters. The lowest BCUT2D eigenvalue weighted by Crippen LogP contribution is -2.20. The van der Waals surface area contributed by atoms with E-state index in [1.165, 1.54) is 6.42 Å². The average Bonchev–Trinajstić information content (AvgIpc) is 2.74. The lowest BCUT2D eigenvalue weighted by atomic mass is 10.1. The van der Waals surface area contributed by atoms with E-state index in [2.05, 4.69) is 10.3 Å². The fraction of sp³-hybridized carbons (Fsp3) is 0.727. The number of hydrogen-bond acceptors (Lipinski definition) is 4. The molecule has 82 valence electrons. The molecular weight excluding hydrogens is 190 g/mol. The third-order valence-electron chi connectivity index (χ3n) is 3.70. The van der Waals surface area contributed by atoms with E-state index < -0.39 is 0 Å². The van der Waals surface area contributed by atoms with Gasteiger partial charge in [-0.2, -0.15) is 0 Å². The quantitative estimate of drug-likeness (QED) is 0.767. The first-order valence-electron chi connectivity index (χ1n) is 5.71. The highest BCUT2D eigenvalue weighted by molar-refractivity contribution is 5.19. The van der Waals surface area contributed by atoms with Gasteiger partial charge in [0.2, 0.25) is 5.89 Å². The molecule has 1 saturated carbocycles. The maximum atomic E-state index is 5.75. The van der Waals surface area contributed by atoms with Crippen molar-refractivity contribution in [3.05, 3.63) is 17.8 Å². The largest absolute Gasteiger partial charge is 0.448 e. The Balaban J connectivity index is 1.81. The Hall–Kier alpha value is -0.870. The number of hydrogen-bond donors (Lipinski definition) is 2. The molecule has 2 heterocycles. The number of nitrogens with two attached hydrogens (primary N) is 1. The Bertz CT molecular complexity index is 350. The van der Waals surface area contributed by atoms with Gasteiger partial charge in [0.05, 0.1) is 11.1 Å². The van der Waals surface area contributed by atoms with Gasteiger partial charge < -0.3 is 15.5 Å². The van der Waals surface area contributed by atoms with Crippen LogP contribution < -0.4 is 11.1 Å². The third kappa shape index (κ3) is 1.48. The van der Waals surface area contributed by atoms with Crippen LogP contribution in [0, 0.1) is 0 Å². The highest BCUT2D eigenvalue weighted by Gasteiger charge is 2.47. The number of nitrogens with one attached hydrogen (secondary N) is 1. The van der Waals surface area contributed by atoms with Crippen molar-refractivity contribution >= 4 is 0 Å². The Morgan fingerprint density at radius 1 is 1.60 bits per heavy atom. The summed E-state index contributed by atoms with van der Waals surface area (Å²) in [6.07, 6.45) is 5.25. The van der Waals surface area contributed by atoms with Gasteiger partial charge in [0.15, 0.2) is 0 Å². The van der Waals surface area contributed by atoms with Gasteiger partial charge in [0.1, 0.15) is 6.26 Å². The number of oxazole rings is 1. The summed E-state index contributed by atoms with van der Waals surface area (Å²) >= 11 is 0. The molecule has 3 rings (SSSR count). The van der Waals surface area contributed by atoms with Crippen LogP contribution in [-0.4, -0.2) is 24.6 Å². The highest BCUT2D eigenvalue weighted by Crippen LogP contribution is 2.46. The summed E-state index contributed by atoms with van der Waals surface area (Å²) in [5.41, 5.74) is 6.94. The molecule has 2 fully saturated rings. The summed E-state index contributed by atoms with van der Waals surface area (Å²) in [5.74, 6) is 1.41. The van der Waals surface area contributed by atoms with Crippen LogP contribution in [0.15, 0.2) is 10.7 Å². The molecule has 0 spiro atoms. The summed E-state index contributed by atoms with van der Waals surface area (Å²) in [6.45, 7) is 2.78. The van der Waals surface area contributed by atoms with E-state index in [9.17, 15) is 0 Å². The molecule has 1 aliphatic heterocycles. The van der Waals surface area contributed by atoms with E-state index >= 15 is 0 Å². The van der Waals surface area contributed by atoms with Crippen LogP contribution >= 0.6 is 0 Å². The Labute approximate surface area is 89.2 Å². The molecule has 0 bridgehead atoms. The van der Waals surface area contributed by atoms with Crippen molar-refractivity contribution in [2.45, 2.75) is 30.6 Å². The van der Waals surface area contributed by atoms with E-state index in [1.807, 2.05) is 6.26 Å². The molecular formula is C11H17N3O. The van der Waals surface area contributed by atoms with Crippen LogP contribution in [0.25, 0.3) is 0 Å². The van der Waals surface area contributed by atoms with Crippen LogP contribution in [0.1, 0.15) is 36.8 Å². The van der Waals surface area contributed by atoms with Crippen LogP contribution in [-0.2, 0) is 5.41 Å². The van der Waals surface area contributed by atoms with E-state index in [0.29, 0.717) is 12.5 Å². The normalized spacial score (nSPS) is 28.2. The van der Waals surface area contributed by atoms with Crippen molar-refractivity contribution < 1.29 is 4.42 Å². The van der Waals surface area contributed by atoms with Crippen molar-refractivity contribution in [3.63, 3.8) is 0 Å². The summed E-state index contributed by atoms with van der Waals surface area (Å²) in [4.78, 5) is 4.61. The van der Waals surface area contributed by atoms with Crippen molar-refractivity contribution in [3.8, 4) is 0 Å². The molecule has 0 radical (unpaired) electrons. The molecule has 2 aliphatic rings. The van der Waals surface area contributed by atoms with Crippen molar-refractivity contribution in [1.82, 2.24) is 10.3 Å². The number of aromatic nitrogens is 1. The van der Waals surface area contributed by atoms with Gasteiger partial charge in [-0.1, -0.05) is 0 Å². The number of rotatable bonds is 3. The molecule has 1 aromatic heterocycles. The second kappa shape index (κ2) is 3.32. The lowest BCUT2D eigenvalue weighted by Gasteiger charge is -2.06. The maximum absolute atomic E-state index is 5.75. The SMILES string of the molecule is NCC1(c2nc(C3CCNC3)co2)CC1. The van der Waals surface area contributed by atoms with Crippen LogP contribution in [0.3, 0.4) is 0 Å². The summed E-state index contributed by atoms with van der Waals surface area (Å²) in [6, 6.07) is 0. The first kappa shape index (κ1) is 9.36. The minimum Gasteiger partial charge on any atom is -0.448 e. The monoisotopic (exact) mass is 207 g/mol.